The monoisotopic (exact) mass is 142 g/mol. The Kier molecular flexibility index (Phi) is 2.04. The van der Waals surface area contributed by atoms with Crippen molar-refractivity contribution in [3.63, 3.8) is 0 Å². The Morgan fingerprint density at radius 1 is 1.10 bits per heavy atom. The SMILES string of the molecule is CC1CCCC12CCC2.O. The molecule has 10 heavy (non-hydrogen) atoms. The summed E-state index contributed by atoms with van der Waals surface area (Å²) in [4.78, 5) is 0. The molecule has 2 fully saturated rings. The van der Waals surface area contributed by atoms with Gasteiger partial charge in [-0.15, -0.1) is 0 Å². The van der Waals surface area contributed by atoms with E-state index < -0.39 is 0 Å². The van der Waals surface area contributed by atoms with Gasteiger partial charge in [0.05, 0.1) is 0 Å². The van der Waals surface area contributed by atoms with Gasteiger partial charge in [0, 0.05) is 0 Å². The minimum absolute atomic E-state index is 0. The van der Waals surface area contributed by atoms with Crippen molar-refractivity contribution in [2.24, 2.45) is 11.3 Å². The van der Waals surface area contributed by atoms with E-state index in [1.54, 1.807) is 19.3 Å². The summed E-state index contributed by atoms with van der Waals surface area (Å²) >= 11 is 0. The number of rotatable bonds is 0. The van der Waals surface area contributed by atoms with E-state index in [4.69, 9.17) is 0 Å². The molecular formula is C9H18O. The van der Waals surface area contributed by atoms with Crippen molar-refractivity contribution in [3.05, 3.63) is 0 Å². The standard InChI is InChI=1S/C9H16.H2O/c1-8-4-2-5-9(8)6-3-7-9;/h8H,2-7H2,1H3;1H2. The van der Waals surface area contributed by atoms with Crippen molar-refractivity contribution in [1.29, 1.82) is 0 Å². The summed E-state index contributed by atoms with van der Waals surface area (Å²) < 4.78 is 0. The van der Waals surface area contributed by atoms with Gasteiger partial charge in [0.25, 0.3) is 0 Å². The zero-order valence-corrected chi connectivity index (χ0v) is 6.82. The zero-order valence-electron chi connectivity index (χ0n) is 6.82. The van der Waals surface area contributed by atoms with Crippen molar-refractivity contribution in [1.82, 2.24) is 0 Å². The van der Waals surface area contributed by atoms with Crippen molar-refractivity contribution in [2.75, 3.05) is 0 Å². The van der Waals surface area contributed by atoms with Crippen LogP contribution in [-0.4, -0.2) is 5.48 Å². The highest BCUT2D eigenvalue weighted by Gasteiger charge is 2.44. The fourth-order valence-corrected chi connectivity index (χ4v) is 2.69. The molecule has 60 valence electrons. The molecule has 0 heterocycles. The number of hydrogen-bond donors (Lipinski definition) is 0. The maximum Gasteiger partial charge on any atom is -0.0272 e. The molecular weight excluding hydrogens is 124 g/mol. The molecule has 0 aromatic rings. The van der Waals surface area contributed by atoms with Crippen LogP contribution >= 0.6 is 0 Å². The van der Waals surface area contributed by atoms with Gasteiger partial charge in [-0.25, -0.2) is 0 Å². The van der Waals surface area contributed by atoms with Crippen LogP contribution in [0.4, 0.5) is 0 Å². The number of hydrogen-bond acceptors (Lipinski definition) is 0. The topological polar surface area (TPSA) is 31.5 Å². The second kappa shape index (κ2) is 2.54. The predicted molar refractivity (Wildman–Crippen MR) is 42.9 cm³/mol. The van der Waals surface area contributed by atoms with Crippen LogP contribution in [0.1, 0.15) is 45.4 Å². The van der Waals surface area contributed by atoms with E-state index in [1.165, 1.54) is 19.3 Å². The van der Waals surface area contributed by atoms with Crippen molar-refractivity contribution in [2.45, 2.75) is 45.4 Å². The summed E-state index contributed by atoms with van der Waals surface area (Å²) in [6.45, 7) is 2.45. The molecule has 1 heteroatoms. The van der Waals surface area contributed by atoms with E-state index in [9.17, 15) is 0 Å². The first-order valence-electron chi connectivity index (χ1n) is 4.33. The van der Waals surface area contributed by atoms with Crippen molar-refractivity contribution in [3.8, 4) is 0 Å². The van der Waals surface area contributed by atoms with Crippen LogP contribution in [0.2, 0.25) is 0 Å². The smallest absolute Gasteiger partial charge is 0.0272 e. The Morgan fingerprint density at radius 3 is 1.90 bits per heavy atom. The molecule has 1 unspecified atom stereocenters. The summed E-state index contributed by atoms with van der Waals surface area (Å²) in [6, 6.07) is 0. The van der Waals surface area contributed by atoms with Crippen molar-refractivity contribution >= 4 is 0 Å². The predicted octanol–water partition coefficient (Wildman–Crippen LogP) is 2.15. The van der Waals surface area contributed by atoms with Crippen LogP contribution in [0.15, 0.2) is 0 Å². The van der Waals surface area contributed by atoms with Crippen LogP contribution < -0.4 is 0 Å². The Bertz CT molecular complexity index is 116. The zero-order chi connectivity index (χ0) is 6.32. The normalized spacial score (nSPS) is 35.1. The van der Waals surface area contributed by atoms with E-state index in [1.807, 2.05) is 0 Å². The molecule has 1 nitrogen and oxygen atoms in total. The molecule has 2 N–H and O–H groups in total. The summed E-state index contributed by atoms with van der Waals surface area (Å²) in [5.41, 5.74) is 0.875. The van der Waals surface area contributed by atoms with Crippen LogP contribution in [-0.2, 0) is 0 Å². The lowest BCUT2D eigenvalue weighted by Gasteiger charge is -2.42. The molecule has 2 aliphatic rings. The molecule has 0 amide bonds. The third kappa shape index (κ3) is 0.878. The summed E-state index contributed by atoms with van der Waals surface area (Å²) in [6.07, 6.45) is 9.20. The largest absolute Gasteiger partial charge is 0.412 e. The van der Waals surface area contributed by atoms with E-state index in [2.05, 4.69) is 6.92 Å². The van der Waals surface area contributed by atoms with Gasteiger partial charge in [-0.3, -0.25) is 0 Å². The Balaban J connectivity index is 0.000000500. The van der Waals surface area contributed by atoms with Gasteiger partial charge in [-0.05, 0) is 30.6 Å². The second-order valence-corrected chi connectivity index (χ2v) is 4.01. The lowest BCUT2D eigenvalue weighted by Crippen LogP contribution is -2.31. The van der Waals surface area contributed by atoms with Gasteiger partial charge < -0.3 is 5.48 Å². The molecule has 0 bridgehead atoms. The van der Waals surface area contributed by atoms with E-state index in [0.29, 0.717) is 0 Å². The maximum absolute atomic E-state index is 2.45. The fourth-order valence-electron chi connectivity index (χ4n) is 2.69. The molecule has 2 saturated carbocycles. The third-order valence-electron chi connectivity index (χ3n) is 3.71. The second-order valence-electron chi connectivity index (χ2n) is 4.01. The molecule has 1 atom stereocenters. The van der Waals surface area contributed by atoms with Gasteiger partial charge in [0.2, 0.25) is 0 Å². The van der Waals surface area contributed by atoms with Gasteiger partial charge in [-0.2, -0.15) is 0 Å². The molecule has 0 aromatic carbocycles. The Hall–Kier alpha value is -0.0400. The van der Waals surface area contributed by atoms with E-state index in [0.717, 1.165) is 11.3 Å². The van der Waals surface area contributed by atoms with Gasteiger partial charge in [-0.1, -0.05) is 26.2 Å². The Morgan fingerprint density at radius 2 is 1.70 bits per heavy atom. The van der Waals surface area contributed by atoms with E-state index >= 15 is 0 Å². The fraction of sp³-hybridized carbons (Fsp3) is 1.00. The highest BCUT2D eigenvalue weighted by atomic mass is 16.0. The van der Waals surface area contributed by atoms with Gasteiger partial charge in [0.15, 0.2) is 0 Å². The molecule has 2 rings (SSSR count). The molecule has 2 aliphatic carbocycles. The Labute approximate surface area is 63.1 Å². The summed E-state index contributed by atoms with van der Waals surface area (Å²) in [7, 11) is 0. The minimum Gasteiger partial charge on any atom is -0.412 e. The molecule has 1 spiro atoms. The van der Waals surface area contributed by atoms with Crippen LogP contribution in [0.3, 0.4) is 0 Å². The highest BCUT2D eigenvalue weighted by molar-refractivity contribution is 4.95. The third-order valence-corrected chi connectivity index (χ3v) is 3.71. The van der Waals surface area contributed by atoms with E-state index in [-0.39, 0.29) is 5.48 Å². The molecule has 0 saturated heterocycles. The first-order valence-corrected chi connectivity index (χ1v) is 4.33. The summed E-state index contributed by atoms with van der Waals surface area (Å²) in [5, 5.41) is 0. The average Bonchev–Trinajstić information content (AvgIpc) is 2.07. The lowest BCUT2D eigenvalue weighted by molar-refractivity contribution is 0.0886. The maximum atomic E-state index is 2.45. The molecule has 0 aromatic heterocycles. The van der Waals surface area contributed by atoms with Gasteiger partial charge in [0.1, 0.15) is 0 Å². The van der Waals surface area contributed by atoms with Crippen molar-refractivity contribution < 1.29 is 5.48 Å². The average molecular weight is 142 g/mol. The van der Waals surface area contributed by atoms with Crippen LogP contribution in [0, 0.1) is 11.3 Å². The van der Waals surface area contributed by atoms with Crippen LogP contribution in [0.5, 0.6) is 0 Å². The molecule has 0 radical (unpaired) electrons. The highest BCUT2D eigenvalue weighted by Crippen LogP contribution is 2.56. The van der Waals surface area contributed by atoms with Crippen LogP contribution in [0.25, 0.3) is 0 Å². The first kappa shape index (κ1) is 8.06. The minimum atomic E-state index is 0. The van der Waals surface area contributed by atoms with Gasteiger partial charge >= 0.3 is 0 Å². The summed E-state index contributed by atoms with van der Waals surface area (Å²) in [5.74, 6) is 1.06. The lowest BCUT2D eigenvalue weighted by atomic mass is 9.63. The molecule has 0 aliphatic heterocycles. The quantitative estimate of drug-likeness (QED) is 0.496. The first-order chi connectivity index (χ1) is 4.33.